The Labute approximate surface area is 131 Å². The van der Waals surface area contributed by atoms with Gasteiger partial charge in [0.15, 0.2) is 0 Å². The van der Waals surface area contributed by atoms with E-state index in [0.29, 0.717) is 32.7 Å². The molecule has 1 N–H and O–H groups in total. The van der Waals surface area contributed by atoms with Gasteiger partial charge in [0.1, 0.15) is 0 Å². The Morgan fingerprint density at radius 3 is 2.55 bits per heavy atom. The summed E-state index contributed by atoms with van der Waals surface area (Å²) in [5.41, 5.74) is 0.723. The first kappa shape index (κ1) is 18.0. The number of nitrogens with one attached hydrogen (secondary N) is 1. The summed E-state index contributed by atoms with van der Waals surface area (Å²) in [5.74, 6) is -0.299. The third-order valence-electron chi connectivity index (χ3n) is 2.98. The number of ether oxygens (including phenoxy) is 2. The number of urea groups is 1. The molecule has 0 atom stereocenters. The molecule has 1 aromatic carbocycles. The van der Waals surface area contributed by atoms with Crippen LogP contribution in [0.4, 0.5) is 10.5 Å². The van der Waals surface area contributed by atoms with E-state index in [2.05, 4.69) is 5.32 Å². The number of anilines is 1. The minimum atomic E-state index is -0.299. The molecule has 6 heteroatoms. The van der Waals surface area contributed by atoms with Gasteiger partial charge in [-0.15, -0.1) is 0 Å². The van der Waals surface area contributed by atoms with Crippen molar-refractivity contribution in [2.24, 2.45) is 0 Å². The van der Waals surface area contributed by atoms with E-state index in [4.69, 9.17) is 9.47 Å². The van der Waals surface area contributed by atoms with Gasteiger partial charge in [-0.2, -0.15) is 0 Å². The maximum atomic E-state index is 12.3. The van der Waals surface area contributed by atoms with Crippen molar-refractivity contribution in [2.45, 2.75) is 19.8 Å². The smallest absolute Gasteiger partial charge is 0.321 e. The van der Waals surface area contributed by atoms with E-state index < -0.39 is 0 Å². The van der Waals surface area contributed by atoms with E-state index in [9.17, 15) is 9.59 Å². The third-order valence-corrected chi connectivity index (χ3v) is 2.98. The predicted octanol–water partition coefficient (Wildman–Crippen LogP) is 2.51. The van der Waals surface area contributed by atoms with Crippen LogP contribution in [-0.4, -0.2) is 50.3 Å². The second-order valence-electron chi connectivity index (χ2n) is 4.68. The van der Waals surface area contributed by atoms with Crippen LogP contribution in [0.5, 0.6) is 0 Å². The number of hydrogen-bond donors (Lipinski definition) is 1. The van der Waals surface area contributed by atoms with Crippen molar-refractivity contribution < 1.29 is 19.1 Å². The first-order chi connectivity index (χ1) is 10.7. The first-order valence-electron chi connectivity index (χ1n) is 7.43. The van der Waals surface area contributed by atoms with Crippen molar-refractivity contribution in [1.82, 2.24) is 4.90 Å². The van der Waals surface area contributed by atoms with Gasteiger partial charge in [-0.3, -0.25) is 4.79 Å². The number of carbonyl (C=O) groups excluding carboxylic acids is 2. The summed E-state index contributed by atoms with van der Waals surface area (Å²) in [6.07, 6.45) is 0.893. The molecule has 0 radical (unpaired) electrons. The van der Waals surface area contributed by atoms with Crippen molar-refractivity contribution in [3.05, 3.63) is 30.3 Å². The minimum absolute atomic E-state index is 0.184. The Morgan fingerprint density at radius 2 is 1.91 bits per heavy atom. The summed E-state index contributed by atoms with van der Waals surface area (Å²) < 4.78 is 9.90. The number of carbonyl (C=O) groups is 2. The van der Waals surface area contributed by atoms with E-state index in [1.165, 1.54) is 0 Å². The zero-order chi connectivity index (χ0) is 16.2. The Balaban J connectivity index is 2.55. The molecule has 1 rings (SSSR count). The Morgan fingerprint density at radius 1 is 1.18 bits per heavy atom. The molecule has 0 saturated heterocycles. The molecule has 0 bridgehead atoms. The lowest BCUT2D eigenvalue weighted by molar-refractivity contribution is -0.143. The summed E-state index contributed by atoms with van der Waals surface area (Å²) in [6.45, 7) is 3.51. The highest BCUT2D eigenvalue weighted by Crippen LogP contribution is 2.07. The van der Waals surface area contributed by atoms with E-state index in [0.717, 1.165) is 5.69 Å². The number of hydrogen-bond acceptors (Lipinski definition) is 4. The van der Waals surface area contributed by atoms with Crippen molar-refractivity contribution in [1.29, 1.82) is 0 Å². The van der Waals surface area contributed by atoms with Crippen molar-refractivity contribution in [3.63, 3.8) is 0 Å². The van der Waals surface area contributed by atoms with E-state index >= 15 is 0 Å². The predicted molar refractivity (Wildman–Crippen MR) is 84.8 cm³/mol. The van der Waals surface area contributed by atoms with Gasteiger partial charge in [0.05, 0.1) is 13.0 Å². The molecule has 0 fully saturated rings. The molecule has 2 amide bonds. The van der Waals surface area contributed by atoms with Crippen LogP contribution in [0.15, 0.2) is 30.3 Å². The molecule has 0 aromatic heterocycles. The van der Waals surface area contributed by atoms with Crippen LogP contribution in [0.25, 0.3) is 0 Å². The second-order valence-corrected chi connectivity index (χ2v) is 4.68. The molecule has 0 aliphatic carbocycles. The Hall–Kier alpha value is -2.08. The van der Waals surface area contributed by atoms with Gasteiger partial charge in [0.25, 0.3) is 0 Å². The van der Waals surface area contributed by atoms with E-state index in [1.54, 1.807) is 18.9 Å². The zero-order valence-corrected chi connectivity index (χ0v) is 13.2. The topological polar surface area (TPSA) is 67.9 Å². The van der Waals surface area contributed by atoms with E-state index in [-0.39, 0.29) is 18.4 Å². The van der Waals surface area contributed by atoms with Crippen molar-refractivity contribution in [2.75, 3.05) is 38.7 Å². The molecule has 22 heavy (non-hydrogen) atoms. The quantitative estimate of drug-likeness (QED) is 0.562. The normalized spacial score (nSPS) is 10.1. The van der Waals surface area contributed by atoms with E-state index in [1.807, 2.05) is 30.3 Å². The van der Waals surface area contributed by atoms with Crippen molar-refractivity contribution >= 4 is 17.7 Å². The van der Waals surface area contributed by atoms with Crippen LogP contribution in [0.1, 0.15) is 19.8 Å². The Kier molecular flexibility index (Phi) is 8.67. The lowest BCUT2D eigenvalue weighted by Gasteiger charge is -2.22. The molecule has 0 heterocycles. The number of para-hydroxylation sites is 1. The summed E-state index contributed by atoms with van der Waals surface area (Å²) in [6, 6.07) is 8.99. The largest absolute Gasteiger partial charge is 0.466 e. The minimum Gasteiger partial charge on any atom is -0.466 e. The summed E-state index contributed by atoms with van der Waals surface area (Å²) in [5, 5.41) is 2.82. The highest BCUT2D eigenvalue weighted by molar-refractivity contribution is 5.89. The average Bonchev–Trinajstić information content (AvgIpc) is 2.52. The molecule has 0 unspecified atom stereocenters. The monoisotopic (exact) mass is 308 g/mol. The summed E-state index contributed by atoms with van der Waals surface area (Å²) in [7, 11) is 1.62. The standard InChI is InChI=1S/C16H24N2O4/c1-3-22-15(19)10-12-18(11-7-13-21-2)16(20)17-14-8-5-4-6-9-14/h4-6,8-9H,3,7,10-13H2,1-2H3,(H,17,20). The number of esters is 1. The average molecular weight is 308 g/mol. The molecular weight excluding hydrogens is 284 g/mol. The molecule has 1 aromatic rings. The van der Waals surface area contributed by atoms with Crippen LogP contribution in [0, 0.1) is 0 Å². The zero-order valence-electron chi connectivity index (χ0n) is 13.2. The highest BCUT2D eigenvalue weighted by Gasteiger charge is 2.15. The summed E-state index contributed by atoms with van der Waals surface area (Å²) >= 11 is 0. The van der Waals surface area contributed by atoms with Crippen LogP contribution in [-0.2, 0) is 14.3 Å². The van der Waals surface area contributed by atoms with Crippen LogP contribution in [0.3, 0.4) is 0 Å². The van der Waals surface area contributed by atoms with Crippen LogP contribution < -0.4 is 5.32 Å². The van der Waals surface area contributed by atoms with Gasteiger partial charge in [-0.25, -0.2) is 4.79 Å². The Bertz CT molecular complexity index is 451. The number of methoxy groups -OCH3 is 1. The summed E-state index contributed by atoms with van der Waals surface area (Å²) in [4.78, 5) is 25.4. The maximum absolute atomic E-state index is 12.3. The van der Waals surface area contributed by atoms with Crippen LogP contribution in [0.2, 0.25) is 0 Å². The fourth-order valence-corrected chi connectivity index (χ4v) is 1.90. The number of nitrogens with zero attached hydrogens (tertiary/aromatic N) is 1. The molecule has 122 valence electrons. The maximum Gasteiger partial charge on any atom is 0.321 e. The molecule has 0 aliphatic heterocycles. The molecule has 0 saturated carbocycles. The fraction of sp³-hybridized carbons (Fsp3) is 0.500. The van der Waals surface area contributed by atoms with Crippen molar-refractivity contribution in [3.8, 4) is 0 Å². The highest BCUT2D eigenvalue weighted by atomic mass is 16.5. The number of benzene rings is 1. The van der Waals surface area contributed by atoms with Crippen LogP contribution >= 0.6 is 0 Å². The van der Waals surface area contributed by atoms with Gasteiger partial charge in [0.2, 0.25) is 0 Å². The molecule has 6 nitrogen and oxygen atoms in total. The van der Waals surface area contributed by atoms with Gasteiger partial charge in [-0.05, 0) is 25.5 Å². The molecule has 0 aliphatic rings. The lowest BCUT2D eigenvalue weighted by atomic mass is 10.3. The SMILES string of the molecule is CCOC(=O)CCN(CCCOC)C(=O)Nc1ccccc1. The van der Waals surface area contributed by atoms with Gasteiger partial charge < -0.3 is 19.7 Å². The van der Waals surface area contributed by atoms with Gasteiger partial charge >= 0.3 is 12.0 Å². The third kappa shape index (κ3) is 7.08. The van der Waals surface area contributed by atoms with Gasteiger partial charge in [0, 0.05) is 32.5 Å². The molecule has 0 spiro atoms. The number of amides is 2. The number of rotatable bonds is 9. The second kappa shape index (κ2) is 10.6. The van der Waals surface area contributed by atoms with Gasteiger partial charge in [-0.1, -0.05) is 18.2 Å². The lowest BCUT2D eigenvalue weighted by Crippen LogP contribution is -2.37. The first-order valence-corrected chi connectivity index (χ1v) is 7.43. The fourth-order valence-electron chi connectivity index (χ4n) is 1.90. The molecular formula is C16H24N2O4.